The fourth-order valence-electron chi connectivity index (χ4n) is 1.93. The number of nitrogen functional groups attached to an aromatic ring is 1. The monoisotopic (exact) mass is 274 g/mol. The van der Waals surface area contributed by atoms with Gasteiger partial charge in [0.15, 0.2) is 5.82 Å². The van der Waals surface area contributed by atoms with Crippen molar-refractivity contribution in [2.75, 3.05) is 19.6 Å². The Balaban J connectivity index is 2.48. The van der Waals surface area contributed by atoms with Gasteiger partial charge in [0.25, 0.3) is 0 Å². The van der Waals surface area contributed by atoms with Crippen LogP contribution >= 0.6 is 0 Å². The average molecular weight is 274 g/mol. The van der Waals surface area contributed by atoms with Gasteiger partial charge < -0.3 is 14.9 Å². The highest BCUT2D eigenvalue weighted by atomic mass is 16.5. The number of nitrogens with zero attached hydrogens (tertiary/aromatic N) is 2. The van der Waals surface area contributed by atoms with Crippen molar-refractivity contribution in [1.82, 2.24) is 9.97 Å². The summed E-state index contributed by atoms with van der Waals surface area (Å²) in [6, 6.07) is 9.60. The van der Waals surface area contributed by atoms with Gasteiger partial charge in [0.05, 0.1) is 18.9 Å². The molecule has 0 saturated heterocycles. The van der Waals surface area contributed by atoms with E-state index in [-0.39, 0.29) is 0 Å². The molecule has 0 saturated carbocycles. The van der Waals surface area contributed by atoms with Crippen molar-refractivity contribution in [3.63, 3.8) is 0 Å². The lowest BCUT2D eigenvalue weighted by Crippen LogP contribution is -2.11. The van der Waals surface area contributed by atoms with Gasteiger partial charge in [0.1, 0.15) is 5.82 Å². The molecule has 2 aromatic rings. The van der Waals surface area contributed by atoms with Gasteiger partial charge >= 0.3 is 0 Å². The molecule has 106 valence electrons. The molecule has 0 spiro atoms. The molecule has 3 N–H and O–H groups in total. The highest BCUT2D eigenvalue weighted by Gasteiger charge is 2.10. The van der Waals surface area contributed by atoms with E-state index in [2.05, 4.69) is 15.4 Å². The number of rotatable bonds is 6. The third kappa shape index (κ3) is 3.30. The number of hydrogen-bond acceptors (Lipinski definition) is 6. The molecule has 20 heavy (non-hydrogen) atoms. The number of nitrogens with one attached hydrogen (secondary N) is 1. The molecule has 0 unspecified atom stereocenters. The minimum Gasteiger partial charge on any atom is -0.380 e. The molecule has 0 radical (unpaired) electrons. The predicted molar refractivity (Wildman–Crippen MR) is 76.7 cm³/mol. The highest BCUT2D eigenvalue weighted by molar-refractivity contribution is 5.61. The summed E-state index contributed by atoms with van der Waals surface area (Å²) in [5, 5.41) is 0. The van der Waals surface area contributed by atoms with Crippen LogP contribution in [0, 0.1) is 0 Å². The second-order valence-electron chi connectivity index (χ2n) is 4.24. The van der Waals surface area contributed by atoms with Crippen molar-refractivity contribution in [2.24, 2.45) is 5.84 Å². The van der Waals surface area contributed by atoms with E-state index in [1.165, 1.54) is 0 Å². The molecule has 0 atom stereocenters. The van der Waals surface area contributed by atoms with Gasteiger partial charge in [0.2, 0.25) is 0 Å². The largest absolute Gasteiger partial charge is 0.380 e. The lowest BCUT2D eigenvalue weighted by molar-refractivity contribution is 0.181. The Morgan fingerprint density at radius 3 is 2.55 bits per heavy atom. The minimum absolute atomic E-state index is 0.399. The van der Waals surface area contributed by atoms with Crippen LogP contribution in [0.2, 0.25) is 0 Å². The van der Waals surface area contributed by atoms with Crippen LogP contribution in [0.3, 0.4) is 0 Å². The van der Waals surface area contributed by atoms with Crippen LogP contribution in [0.25, 0.3) is 11.4 Å². The van der Waals surface area contributed by atoms with Crippen LogP contribution in [0.5, 0.6) is 0 Å². The summed E-state index contributed by atoms with van der Waals surface area (Å²) in [6.45, 7) is 0.899. The molecule has 0 aliphatic rings. The Morgan fingerprint density at radius 2 is 1.85 bits per heavy atom. The van der Waals surface area contributed by atoms with E-state index in [1.807, 2.05) is 24.3 Å². The molecule has 0 amide bonds. The molecule has 1 aromatic heterocycles. The molecule has 1 heterocycles. The lowest BCUT2D eigenvalue weighted by atomic mass is 10.1. The maximum atomic E-state index is 5.45. The number of hydrazine groups is 1. The second-order valence-corrected chi connectivity index (χ2v) is 4.24. The van der Waals surface area contributed by atoms with Crippen LogP contribution in [0.4, 0.5) is 5.82 Å². The van der Waals surface area contributed by atoms with Crippen LogP contribution in [0.15, 0.2) is 30.3 Å². The van der Waals surface area contributed by atoms with E-state index in [9.17, 15) is 0 Å². The van der Waals surface area contributed by atoms with Gasteiger partial charge in [0, 0.05) is 25.8 Å². The normalized spacial score (nSPS) is 10.6. The Morgan fingerprint density at radius 1 is 1.10 bits per heavy atom. The zero-order chi connectivity index (χ0) is 14.4. The molecule has 0 aliphatic heterocycles. The van der Waals surface area contributed by atoms with E-state index in [0.717, 1.165) is 16.8 Å². The summed E-state index contributed by atoms with van der Waals surface area (Å²) in [6.07, 6.45) is 0. The Bertz CT molecular complexity index is 575. The van der Waals surface area contributed by atoms with Crippen LogP contribution < -0.4 is 11.3 Å². The Labute approximate surface area is 117 Å². The molecular weight excluding hydrogens is 256 g/mol. The van der Waals surface area contributed by atoms with Gasteiger partial charge in [-0.25, -0.2) is 15.8 Å². The van der Waals surface area contributed by atoms with Crippen molar-refractivity contribution >= 4 is 5.82 Å². The maximum Gasteiger partial charge on any atom is 0.162 e. The summed E-state index contributed by atoms with van der Waals surface area (Å²) in [7, 11) is 3.28. The van der Waals surface area contributed by atoms with Crippen LogP contribution in [-0.2, 0) is 22.7 Å². The zero-order valence-electron chi connectivity index (χ0n) is 11.6. The summed E-state index contributed by atoms with van der Waals surface area (Å²) < 4.78 is 10.3. The highest BCUT2D eigenvalue weighted by Crippen LogP contribution is 2.22. The van der Waals surface area contributed by atoms with Crippen molar-refractivity contribution in [3.05, 3.63) is 41.6 Å². The fourth-order valence-corrected chi connectivity index (χ4v) is 1.93. The van der Waals surface area contributed by atoms with E-state index < -0.39 is 0 Å². The van der Waals surface area contributed by atoms with Gasteiger partial charge in [-0.3, -0.25) is 0 Å². The first-order valence-corrected chi connectivity index (χ1v) is 6.19. The summed E-state index contributed by atoms with van der Waals surface area (Å²) in [5.74, 6) is 6.60. The maximum absolute atomic E-state index is 5.45. The van der Waals surface area contributed by atoms with E-state index >= 15 is 0 Å². The first-order valence-electron chi connectivity index (χ1n) is 6.19. The first kappa shape index (κ1) is 14.4. The molecule has 2 rings (SSSR count). The van der Waals surface area contributed by atoms with Gasteiger partial charge in [-0.05, 0) is 5.56 Å². The number of anilines is 1. The number of hydrogen-bond donors (Lipinski definition) is 2. The van der Waals surface area contributed by atoms with E-state index in [4.69, 9.17) is 15.3 Å². The quantitative estimate of drug-likeness (QED) is 0.616. The summed E-state index contributed by atoms with van der Waals surface area (Å²) in [4.78, 5) is 8.89. The lowest BCUT2D eigenvalue weighted by Gasteiger charge is -2.10. The molecular formula is C14H18N4O2. The zero-order valence-corrected chi connectivity index (χ0v) is 11.6. The summed E-state index contributed by atoms with van der Waals surface area (Å²) in [5.41, 5.74) is 5.25. The number of benzene rings is 1. The molecule has 0 fully saturated rings. The van der Waals surface area contributed by atoms with Gasteiger partial charge in [-0.1, -0.05) is 24.3 Å². The number of ether oxygens (including phenoxy) is 2. The standard InChI is InChI=1S/C14H18N4O2/c1-19-8-10-5-3-4-6-12(10)14-16-11(9-20-2)7-13(17-14)18-15/h3-7H,8-9,15H2,1-2H3,(H,16,17,18). The summed E-state index contributed by atoms with van der Waals surface area (Å²) >= 11 is 0. The van der Waals surface area contributed by atoms with E-state index in [0.29, 0.717) is 24.9 Å². The minimum atomic E-state index is 0.399. The van der Waals surface area contributed by atoms with Crippen molar-refractivity contribution in [3.8, 4) is 11.4 Å². The molecule has 1 aromatic carbocycles. The van der Waals surface area contributed by atoms with Crippen molar-refractivity contribution < 1.29 is 9.47 Å². The Hall–Kier alpha value is -2.02. The van der Waals surface area contributed by atoms with Gasteiger partial charge in [-0.2, -0.15) is 0 Å². The molecule has 6 nitrogen and oxygen atoms in total. The van der Waals surface area contributed by atoms with Crippen molar-refractivity contribution in [2.45, 2.75) is 13.2 Å². The number of methoxy groups -OCH3 is 2. The molecule has 0 aliphatic carbocycles. The predicted octanol–water partition coefficient (Wildman–Crippen LogP) is 1.72. The number of aromatic nitrogens is 2. The van der Waals surface area contributed by atoms with Crippen LogP contribution in [-0.4, -0.2) is 24.2 Å². The van der Waals surface area contributed by atoms with Gasteiger partial charge in [-0.15, -0.1) is 0 Å². The molecule has 6 heteroatoms. The third-order valence-electron chi connectivity index (χ3n) is 2.78. The van der Waals surface area contributed by atoms with Crippen molar-refractivity contribution in [1.29, 1.82) is 0 Å². The van der Waals surface area contributed by atoms with Crippen LogP contribution in [0.1, 0.15) is 11.3 Å². The first-order chi connectivity index (χ1) is 9.78. The number of nitrogens with two attached hydrogens (primary N) is 1. The average Bonchev–Trinajstić information content (AvgIpc) is 2.48. The fraction of sp³-hybridized carbons (Fsp3) is 0.286. The smallest absolute Gasteiger partial charge is 0.162 e. The third-order valence-corrected chi connectivity index (χ3v) is 2.78. The molecule has 0 bridgehead atoms. The second kappa shape index (κ2) is 6.95. The SMILES string of the molecule is COCc1cc(NN)nc(-c2ccccc2COC)n1. The Kier molecular flexibility index (Phi) is 5.00. The topological polar surface area (TPSA) is 82.3 Å². The van der Waals surface area contributed by atoms with E-state index in [1.54, 1.807) is 20.3 Å².